The smallest absolute Gasteiger partial charge is 0.152 e. The lowest BCUT2D eigenvalue weighted by Gasteiger charge is -2.18. The molecular weight excluding hydrogens is 211 g/mol. The van der Waals surface area contributed by atoms with E-state index >= 15 is 0 Å². The van der Waals surface area contributed by atoms with Gasteiger partial charge in [-0.3, -0.25) is 0 Å². The third kappa shape index (κ3) is 2.90. The molecule has 13 heavy (non-hydrogen) atoms. The molecule has 0 aromatic heterocycles. The van der Waals surface area contributed by atoms with Crippen molar-refractivity contribution in [2.24, 2.45) is 5.92 Å². The van der Waals surface area contributed by atoms with E-state index in [1.165, 1.54) is 0 Å². The maximum absolute atomic E-state index is 8.57. The van der Waals surface area contributed by atoms with Gasteiger partial charge in [0.05, 0.1) is 16.7 Å². The molecule has 0 radical (unpaired) electrons. The SMILES string of the molecule is CC1C=C(Cl)C(OCCO)=C(Cl)C1. The Morgan fingerprint density at radius 2 is 2.31 bits per heavy atom. The van der Waals surface area contributed by atoms with Crippen LogP contribution in [0, 0.1) is 5.92 Å². The summed E-state index contributed by atoms with van der Waals surface area (Å²) >= 11 is 11.9. The van der Waals surface area contributed by atoms with Crippen LogP contribution in [0.3, 0.4) is 0 Å². The Labute approximate surface area is 87.8 Å². The van der Waals surface area contributed by atoms with Crippen LogP contribution < -0.4 is 0 Å². The molecule has 0 bridgehead atoms. The van der Waals surface area contributed by atoms with Crippen LogP contribution >= 0.6 is 23.2 Å². The first kappa shape index (κ1) is 10.9. The van der Waals surface area contributed by atoms with E-state index in [0.29, 0.717) is 21.7 Å². The van der Waals surface area contributed by atoms with Gasteiger partial charge in [-0.2, -0.15) is 0 Å². The van der Waals surface area contributed by atoms with Crippen LogP contribution in [-0.4, -0.2) is 18.3 Å². The summed E-state index contributed by atoms with van der Waals surface area (Å²) in [7, 11) is 0. The Hall–Kier alpha value is -0.180. The molecule has 1 aliphatic rings. The predicted octanol–water partition coefficient (Wildman–Crippen LogP) is 2.61. The van der Waals surface area contributed by atoms with Gasteiger partial charge in [0.15, 0.2) is 5.76 Å². The summed E-state index contributed by atoms with van der Waals surface area (Å²) in [5, 5.41) is 9.74. The highest BCUT2D eigenvalue weighted by atomic mass is 35.5. The molecule has 74 valence electrons. The summed E-state index contributed by atoms with van der Waals surface area (Å²) in [5.74, 6) is 0.858. The molecule has 0 amide bonds. The monoisotopic (exact) mass is 222 g/mol. The van der Waals surface area contributed by atoms with E-state index in [0.717, 1.165) is 6.42 Å². The van der Waals surface area contributed by atoms with Crippen molar-refractivity contribution >= 4 is 23.2 Å². The van der Waals surface area contributed by atoms with Crippen molar-refractivity contribution in [1.29, 1.82) is 0 Å². The van der Waals surface area contributed by atoms with Crippen LogP contribution in [0.15, 0.2) is 21.9 Å². The van der Waals surface area contributed by atoms with Crippen molar-refractivity contribution in [2.45, 2.75) is 13.3 Å². The number of allylic oxidation sites excluding steroid dienone is 3. The number of aliphatic hydroxyl groups is 1. The molecule has 1 aliphatic carbocycles. The molecule has 1 unspecified atom stereocenters. The molecule has 1 atom stereocenters. The van der Waals surface area contributed by atoms with Gasteiger partial charge in [-0.15, -0.1) is 0 Å². The zero-order valence-corrected chi connectivity index (χ0v) is 8.90. The van der Waals surface area contributed by atoms with Gasteiger partial charge in [-0.1, -0.05) is 36.2 Å². The summed E-state index contributed by atoms with van der Waals surface area (Å²) in [6.45, 7) is 2.23. The Balaban J connectivity index is 2.70. The fourth-order valence-electron chi connectivity index (χ4n) is 1.18. The fraction of sp³-hybridized carbons (Fsp3) is 0.556. The van der Waals surface area contributed by atoms with Crippen molar-refractivity contribution in [3.8, 4) is 0 Å². The van der Waals surface area contributed by atoms with E-state index in [2.05, 4.69) is 0 Å². The van der Waals surface area contributed by atoms with Crippen molar-refractivity contribution in [1.82, 2.24) is 0 Å². The van der Waals surface area contributed by atoms with Crippen molar-refractivity contribution in [2.75, 3.05) is 13.2 Å². The Kier molecular flexibility index (Phi) is 4.10. The van der Waals surface area contributed by atoms with Gasteiger partial charge in [0.2, 0.25) is 0 Å². The number of aliphatic hydroxyl groups excluding tert-OH is 1. The van der Waals surface area contributed by atoms with Gasteiger partial charge in [-0.25, -0.2) is 0 Å². The van der Waals surface area contributed by atoms with E-state index in [-0.39, 0.29) is 13.2 Å². The summed E-state index contributed by atoms with van der Waals surface area (Å²) in [6.07, 6.45) is 2.65. The lowest BCUT2D eigenvalue weighted by atomic mass is 10.0. The second-order valence-electron chi connectivity index (χ2n) is 3.00. The lowest BCUT2D eigenvalue weighted by Crippen LogP contribution is -2.07. The largest absolute Gasteiger partial charge is 0.488 e. The van der Waals surface area contributed by atoms with Gasteiger partial charge in [-0.05, 0) is 12.3 Å². The first-order valence-electron chi connectivity index (χ1n) is 4.15. The number of rotatable bonds is 3. The first-order valence-corrected chi connectivity index (χ1v) is 4.90. The van der Waals surface area contributed by atoms with Gasteiger partial charge in [0, 0.05) is 0 Å². The van der Waals surface area contributed by atoms with Crippen LogP contribution in [0.2, 0.25) is 0 Å². The fourth-order valence-corrected chi connectivity index (χ4v) is 2.02. The lowest BCUT2D eigenvalue weighted by molar-refractivity contribution is 0.149. The first-order chi connectivity index (χ1) is 6.15. The molecule has 0 aromatic carbocycles. The summed E-state index contributed by atoms with van der Waals surface area (Å²) in [5.41, 5.74) is 0. The highest BCUT2D eigenvalue weighted by molar-refractivity contribution is 6.35. The Morgan fingerprint density at radius 3 is 2.85 bits per heavy atom. The van der Waals surface area contributed by atoms with Gasteiger partial charge >= 0.3 is 0 Å². The minimum atomic E-state index is -0.0343. The molecule has 4 heteroatoms. The molecule has 0 saturated heterocycles. The Bertz CT molecular complexity index is 246. The summed E-state index contributed by atoms with van der Waals surface area (Å²) in [6, 6.07) is 0. The van der Waals surface area contributed by atoms with Crippen LogP contribution in [0.4, 0.5) is 0 Å². The number of ether oxygens (including phenoxy) is 1. The van der Waals surface area contributed by atoms with E-state index < -0.39 is 0 Å². The van der Waals surface area contributed by atoms with E-state index in [1.807, 2.05) is 13.0 Å². The second kappa shape index (κ2) is 4.89. The maximum atomic E-state index is 8.57. The van der Waals surface area contributed by atoms with Gasteiger partial charge < -0.3 is 9.84 Å². The standard InChI is InChI=1S/C9H12Cl2O2/c1-6-4-7(10)9(8(11)5-6)13-3-2-12/h4,6,12H,2-3,5H2,1H3. The minimum absolute atomic E-state index is 0.0343. The zero-order valence-electron chi connectivity index (χ0n) is 7.39. The van der Waals surface area contributed by atoms with Crippen molar-refractivity contribution < 1.29 is 9.84 Å². The third-order valence-electron chi connectivity index (χ3n) is 1.73. The normalized spacial score (nSPS) is 23.1. The van der Waals surface area contributed by atoms with Crippen molar-refractivity contribution in [3.05, 3.63) is 21.9 Å². The molecule has 0 aromatic rings. The molecule has 1 rings (SSSR count). The molecular formula is C9H12Cl2O2. The highest BCUT2D eigenvalue weighted by Gasteiger charge is 2.18. The van der Waals surface area contributed by atoms with Crippen molar-refractivity contribution in [3.63, 3.8) is 0 Å². The van der Waals surface area contributed by atoms with Crippen LogP contribution in [0.1, 0.15) is 13.3 Å². The van der Waals surface area contributed by atoms with Gasteiger partial charge in [0.25, 0.3) is 0 Å². The molecule has 0 aliphatic heterocycles. The Morgan fingerprint density at radius 1 is 1.62 bits per heavy atom. The molecule has 2 nitrogen and oxygen atoms in total. The molecule has 1 N–H and O–H groups in total. The van der Waals surface area contributed by atoms with Gasteiger partial charge in [0.1, 0.15) is 6.61 Å². The molecule has 0 fully saturated rings. The third-order valence-corrected chi connectivity index (χ3v) is 2.36. The summed E-state index contributed by atoms with van der Waals surface area (Å²) < 4.78 is 5.20. The number of hydrogen-bond acceptors (Lipinski definition) is 2. The van der Waals surface area contributed by atoms with Crippen LogP contribution in [-0.2, 0) is 4.74 Å². The number of halogens is 2. The average Bonchev–Trinajstić information content (AvgIpc) is 2.02. The molecule has 0 heterocycles. The molecule has 0 spiro atoms. The van der Waals surface area contributed by atoms with E-state index in [9.17, 15) is 0 Å². The predicted molar refractivity (Wildman–Crippen MR) is 53.6 cm³/mol. The highest BCUT2D eigenvalue weighted by Crippen LogP contribution is 2.33. The molecule has 0 saturated carbocycles. The minimum Gasteiger partial charge on any atom is -0.488 e. The van der Waals surface area contributed by atoms with E-state index in [4.69, 9.17) is 33.0 Å². The average molecular weight is 223 g/mol. The summed E-state index contributed by atoms with van der Waals surface area (Å²) in [4.78, 5) is 0. The topological polar surface area (TPSA) is 29.5 Å². The zero-order chi connectivity index (χ0) is 9.84. The maximum Gasteiger partial charge on any atom is 0.152 e. The second-order valence-corrected chi connectivity index (χ2v) is 3.87. The van der Waals surface area contributed by atoms with Crippen LogP contribution in [0.5, 0.6) is 0 Å². The quantitative estimate of drug-likeness (QED) is 0.796. The van der Waals surface area contributed by atoms with E-state index in [1.54, 1.807) is 0 Å². The van der Waals surface area contributed by atoms with Crippen LogP contribution in [0.25, 0.3) is 0 Å². The number of hydrogen-bond donors (Lipinski definition) is 1.